The number of halogens is 2. The summed E-state index contributed by atoms with van der Waals surface area (Å²) >= 11 is 11.9. The van der Waals surface area contributed by atoms with E-state index in [9.17, 15) is 9.90 Å². The maximum atomic E-state index is 11.2. The lowest BCUT2D eigenvalue weighted by Crippen LogP contribution is -2.08. The second kappa shape index (κ2) is 4.63. The van der Waals surface area contributed by atoms with Gasteiger partial charge in [-0.05, 0) is 32.0 Å². The Morgan fingerprint density at radius 2 is 2.00 bits per heavy atom. The lowest BCUT2D eigenvalue weighted by molar-refractivity contribution is 0.0696. The largest absolute Gasteiger partial charge is 0.478 e. The fourth-order valence-electron chi connectivity index (χ4n) is 1.72. The number of carboxylic acids is 1. The minimum atomic E-state index is -1.06. The van der Waals surface area contributed by atoms with Crippen molar-refractivity contribution in [1.82, 2.24) is 9.78 Å². The van der Waals surface area contributed by atoms with Gasteiger partial charge in [0.05, 0.1) is 27.7 Å². The monoisotopic (exact) mass is 284 g/mol. The van der Waals surface area contributed by atoms with Gasteiger partial charge in [-0.15, -0.1) is 0 Å². The number of aromatic carboxylic acids is 1. The van der Waals surface area contributed by atoms with Crippen LogP contribution in [0.1, 0.15) is 21.7 Å². The van der Waals surface area contributed by atoms with Gasteiger partial charge < -0.3 is 5.11 Å². The number of hydrogen-bond donors (Lipinski definition) is 1. The maximum absolute atomic E-state index is 11.2. The maximum Gasteiger partial charge on any atom is 0.337 e. The molecule has 0 aliphatic rings. The minimum absolute atomic E-state index is 0.0877. The number of benzene rings is 1. The summed E-state index contributed by atoms with van der Waals surface area (Å²) in [7, 11) is 0. The number of nitrogens with zero attached hydrogens (tertiary/aromatic N) is 2. The molecule has 1 heterocycles. The Kier molecular flexibility index (Phi) is 3.32. The molecule has 2 rings (SSSR count). The Morgan fingerprint density at radius 3 is 2.50 bits per heavy atom. The highest BCUT2D eigenvalue weighted by Crippen LogP contribution is 2.25. The van der Waals surface area contributed by atoms with Crippen molar-refractivity contribution in [3.05, 3.63) is 45.2 Å². The lowest BCUT2D eigenvalue weighted by Gasteiger charge is -2.08. The van der Waals surface area contributed by atoms with Crippen molar-refractivity contribution in [2.24, 2.45) is 0 Å². The Balaban J connectivity index is 2.71. The molecule has 0 aliphatic heterocycles. The highest BCUT2D eigenvalue weighted by atomic mass is 35.5. The number of rotatable bonds is 2. The number of carbonyl (C=O) groups is 1. The summed E-state index contributed by atoms with van der Waals surface area (Å²) in [6.07, 6.45) is 0. The summed E-state index contributed by atoms with van der Waals surface area (Å²) in [6.45, 7) is 3.55. The SMILES string of the molecule is Cc1nn(-c2ccc(Cl)cc2C(=O)O)c(C)c1Cl. The van der Waals surface area contributed by atoms with E-state index in [1.165, 1.54) is 10.7 Å². The molecule has 0 bridgehead atoms. The average Bonchev–Trinajstić information content (AvgIpc) is 2.57. The zero-order chi connectivity index (χ0) is 13.4. The highest BCUT2D eigenvalue weighted by molar-refractivity contribution is 6.32. The predicted octanol–water partition coefficient (Wildman–Crippen LogP) is 3.49. The van der Waals surface area contributed by atoms with E-state index in [4.69, 9.17) is 23.2 Å². The van der Waals surface area contributed by atoms with Gasteiger partial charge in [0.25, 0.3) is 0 Å². The van der Waals surface area contributed by atoms with Gasteiger partial charge in [-0.3, -0.25) is 0 Å². The van der Waals surface area contributed by atoms with Crippen molar-refractivity contribution in [1.29, 1.82) is 0 Å². The van der Waals surface area contributed by atoms with Crippen LogP contribution in [0.25, 0.3) is 5.69 Å². The number of aryl methyl sites for hydroxylation is 1. The van der Waals surface area contributed by atoms with Crippen molar-refractivity contribution >= 4 is 29.2 Å². The molecule has 4 nitrogen and oxygen atoms in total. The highest BCUT2D eigenvalue weighted by Gasteiger charge is 2.17. The first kappa shape index (κ1) is 12.9. The smallest absolute Gasteiger partial charge is 0.337 e. The van der Waals surface area contributed by atoms with Gasteiger partial charge in [-0.25, -0.2) is 9.48 Å². The molecule has 0 amide bonds. The van der Waals surface area contributed by atoms with Crippen molar-refractivity contribution in [2.45, 2.75) is 13.8 Å². The second-order valence-corrected chi connectivity index (χ2v) is 4.68. The van der Waals surface area contributed by atoms with E-state index in [1.54, 1.807) is 26.0 Å². The van der Waals surface area contributed by atoms with Gasteiger partial charge in [0, 0.05) is 5.02 Å². The number of aromatic nitrogens is 2. The molecule has 0 fully saturated rings. The second-order valence-electron chi connectivity index (χ2n) is 3.86. The first-order chi connectivity index (χ1) is 8.41. The normalized spacial score (nSPS) is 10.7. The molecule has 1 N–H and O–H groups in total. The molecule has 0 radical (unpaired) electrons. The number of hydrogen-bond acceptors (Lipinski definition) is 2. The molecule has 0 saturated heterocycles. The summed E-state index contributed by atoms with van der Waals surface area (Å²) in [5, 5.41) is 14.3. The van der Waals surface area contributed by atoms with Gasteiger partial charge in [-0.1, -0.05) is 23.2 Å². The van der Waals surface area contributed by atoms with Crippen LogP contribution < -0.4 is 0 Å². The fourth-order valence-corrected chi connectivity index (χ4v) is 2.01. The molecule has 94 valence electrons. The molecule has 6 heteroatoms. The molecule has 2 aromatic rings. The molecule has 0 saturated carbocycles. The molecule has 18 heavy (non-hydrogen) atoms. The molecule has 0 atom stereocenters. The van der Waals surface area contributed by atoms with Gasteiger partial charge in [-0.2, -0.15) is 5.10 Å². The zero-order valence-corrected chi connectivity index (χ0v) is 11.2. The summed E-state index contributed by atoms with van der Waals surface area (Å²) in [6, 6.07) is 4.62. The van der Waals surface area contributed by atoms with E-state index in [-0.39, 0.29) is 5.56 Å². The third-order valence-corrected chi connectivity index (χ3v) is 3.40. The summed E-state index contributed by atoms with van der Waals surface area (Å²) in [5.74, 6) is -1.06. The van der Waals surface area contributed by atoms with Gasteiger partial charge in [0.2, 0.25) is 0 Å². The van der Waals surface area contributed by atoms with E-state index >= 15 is 0 Å². The average molecular weight is 285 g/mol. The predicted molar refractivity (Wildman–Crippen MR) is 70.0 cm³/mol. The van der Waals surface area contributed by atoms with Crippen molar-refractivity contribution < 1.29 is 9.90 Å². The molecule has 0 unspecified atom stereocenters. The van der Waals surface area contributed by atoms with Crippen LogP contribution in [0, 0.1) is 13.8 Å². The van der Waals surface area contributed by atoms with Crippen LogP contribution in [0.2, 0.25) is 10.0 Å². The molecular formula is C12H10Cl2N2O2. The lowest BCUT2D eigenvalue weighted by atomic mass is 10.2. The molecule has 0 aliphatic carbocycles. The standard InChI is InChI=1S/C12H10Cl2N2O2/c1-6-11(14)7(2)16(15-6)10-4-3-8(13)5-9(10)12(17)18/h3-5H,1-2H3,(H,17,18). The Morgan fingerprint density at radius 1 is 1.33 bits per heavy atom. The Bertz CT molecular complexity index is 635. The van der Waals surface area contributed by atoms with Crippen LogP contribution >= 0.6 is 23.2 Å². The molecule has 1 aromatic carbocycles. The Hall–Kier alpha value is -1.52. The van der Waals surface area contributed by atoms with Crippen LogP contribution in [0.15, 0.2) is 18.2 Å². The van der Waals surface area contributed by atoms with Gasteiger partial charge in [0.15, 0.2) is 0 Å². The third-order valence-electron chi connectivity index (χ3n) is 2.62. The molecular weight excluding hydrogens is 275 g/mol. The van der Waals surface area contributed by atoms with Crippen LogP contribution in [0.5, 0.6) is 0 Å². The quantitative estimate of drug-likeness (QED) is 0.918. The number of carboxylic acid groups (broad SMARTS) is 1. The minimum Gasteiger partial charge on any atom is -0.478 e. The van der Waals surface area contributed by atoms with E-state index in [0.717, 1.165) is 0 Å². The van der Waals surface area contributed by atoms with Crippen molar-refractivity contribution in [3.63, 3.8) is 0 Å². The van der Waals surface area contributed by atoms with Crippen LogP contribution in [-0.2, 0) is 0 Å². The van der Waals surface area contributed by atoms with E-state index in [0.29, 0.717) is 27.1 Å². The van der Waals surface area contributed by atoms with Gasteiger partial charge >= 0.3 is 5.97 Å². The van der Waals surface area contributed by atoms with Crippen molar-refractivity contribution in [3.8, 4) is 5.69 Å². The fraction of sp³-hybridized carbons (Fsp3) is 0.167. The van der Waals surface area contributed by atoms with E-state index < -0.39 is 5.97 Å². The van der Waals surface area contributed by atoms with Crippen molar-refractivity contribution in [2.75, 3.05) is 0 Å². The van der Waals surface area contributed by atoms with E-state index in [2.05, 4.69) is 5.10 Å². The van der Waals surface area contributed by atoms with Gasteiger partial charge in [0.1, 0.15) is 0 Å². The topological polar surface area (TPSA) is 55.1 Å². The summed E-state index contributed by atoms with van der Waals surface area (Å²) in [5.41, 5.74) is 1.88. The van der Waals surface area contributed by atoms with Crippen LogP contribution in [-0.4, -0.2) is 20.9 Å². The Labute approximate surface area is 114 Å². The molecule has 1 aromatic heterocycles. The summed E-state index contributed by atoms with van der Waals surface area (Å²) in [4.78, 5) is 11.2. The van der Waals surface area contributed by atoms with E-state index in [1.807, 2.05) is 0 Å². The zero-order valence-electron chi connectivity index (χ0n) is 9.74. The van der Waals surface area contributed by atoms with Crippen LogP contribution in [0.4, 0.5) is 0 Å². The first-order valence-electron chi connectivity index (χ1n) is 5.16. The molecule has 0 spiro atoms. The van der Waals surface area contributed by atoms with Crippen LogP contribution in [0.3, 0.4) is 0 Å². The summed E-state index contributed by atoms with van der Waals surface area (Å²) < 4.78 is 1.51. The third kappa shape index (κ3) is 2.09. The first-order valence-corrected chi connectivity index (χ1v) is 5.92.